The summed E-state index contributed by atoms with van der Waals surface area (Å²) in [5, 5.41) is 16.4. The Balaban J connectivity index is 1.79. The molecule has 1 atom stereocenters. The van der Waals surface area contributed by atoms with Gasteiger partial charge in [-0.25, -0.2) is 4.79 Å². The van der Waals surface area contributed by atoms with Crippen molar-refractivity contribution in [1.29, 1.82) is 0 Å². The van der Waals surface area contributed by atoms with Gasteiger partial charge in [0.05, 0.1) is 17.2 Å². The summed E-state index contributed by atoms with van der Waals surface area (Å²) in [6, 6.07) is 12.4. The van der Waals surface area contributed by atoms with Crippen molar-refractivity contribution in [2.45, 2.75) is 26.5 Å². The molecular formula is C21H19ClN2O5. The highest BCUT2D eigenvalue weighted by Gasteiger charge is 2.20. The van der Waals surface area contributed by atoms with E-state index >= 15 is 0 Å². The number of carbonyl (C=O) groups is 2. The first kappa shape index (κ1) is 20.4. The Labute approximate surface area is 172 Å². The molecule has 150 valence electrons. The second-order valence-corrected chi connectivity index (χ2v) is 6.88. The van der Waals surface area contributed by atoms with Crippen molar-refractivity contribution >= 4 is 23.5 Å². The third-order valence-electron chi connectivity index (χ3n) is 4.24. The molecule has 0 aliphatic carbocycles. The number of carboxylic acid groups (broad SMARTS) is 1. The number of aryl methyl sites for hydroxylation is 1. The van der Waals surface area contributed by atoms with E-state index in [9.17, 15) is 14.7 Å². The Morgan fingerprint density at radius 1 is 1.21 bits per heavy atom. The van der Waals surface area contributed by atoms with Crippen molar-refractivity contribution in [2.75, 3.05) is 0 Å². The molecule has 0 saturated heterocycles. The first-order valence-electron chi connectivity index (χ1n) is 8.82. The fraction of sp³-hybridized carbons (Fsp3) is 0.190. The molecule has 3 aromatic rings. The van der Waals surface area contributed by atoms with Crippen LogP contribution in [0.15, 0.2) is 53.1 Å². The summed E-state index contributed by atoms with van der Waals surface area (Å²) in [5.74, 6) is -0.516. The van der Waals surface area contributed by atoms with Gasteiger partial charge in [-0.05, 0) is 43.7 Å². The highest BCUT2D eigenvalue weighted by atomic mass is 35.5. The highest BCUT2D eigenvalue weighted by Crippen LogP contribution is 2.25. The van der Waals surface area contributed by atoms with Crippen molar-refractivity contribution in [1.82, 2.24) is 10.5 Å². The molecule has 7 nitrogen and oxygen atoms in total. The molecule has 0 bridgehead atoms. The standard InChI is InChI=1S/C21H19ClN2O5/c1-12-9-15(24-29-12)11-28-19-8-7-14(22)10-18(19)20(25)23-13(2)16-5-3-4-6-17(16)21(26)27/h3-10,13H,11H2,1-2H3,(H,23,25)(H,26,27)/t13-/m0/s1. The first-order valence-corrected chi connectivity index (χ1v) is 9.20. The topological polar surface area (TPSA) is 102 Å². The lowest BCUT2D eigenvalue weighted by Gasteiger charge is -2.18. The van der Waals surface area contributed by atoms with Crippen molar-refractivity contribution in [3.05, 3.63) is 81.7 Å². The second-order valence-electron chi connectivity index (χ2n) is 6.45. The maximum absolute atomic E-state index is 12.9. The number of ether oxygens (including phenoxy) is 1. The second kappa shape index (κ2) is 8.79. The lowest BCUT2D eigenvalue weighted by atomic mass is 10.0. The Bertz CT molecular complexity index is 1050. The highest BCUT2D eigenvalue weighted by molar-refractivity contribution is 6.31. The zero-order valence-corrected chi connectivity index (χ0v) is 16.6. The summed E-state index contributed by atoms with van der Waals surface area (Å²) in [5.41, 5.74) is 1.45. The van der Waals surface area contributed by atoms with Gasteiger partial charge < -0.3 is 19.7 Å². The number of halogens is 1. The van der Waals surface area contributed by atoms with Crippen LogP contribution in [0.3, 0.4) is 0 Å². The number of benzene rings is 2. The average molecular weight is 415 g/mol. The number of rotatable bonds is 7. The average Bonchev–Trinajstić information content (AvgIpc) is 3.12. The molecule has 2 N–H and O–H groups in total. The van der Waals surface area contributed by atoms with E-state index in [4.69, 9.17) is 20.9 Å². The van der Waals surface area contributed by atoms with Crippen LogP contribution in [0.2, 0.25) is 5.02 Å². The molecule has 0 unspecified atom stereocenters. The van der Waals surface area contributed by atoms with Gasteiger partial charge in [0.2, 0.25) is 0 Å². The number of aromatic carboxylic acids is 1. The summed E-state index contributed by atoms with van der Waals surface area (Å²) in [4.78, 5) is 24.3. The number of hydrogen-bond donors (Lipinski definition) is 2. The fourth-order valence-corrected chi connectivity index (χ4v) is 3.04. The van der Waals surface area contributed by atoms with Crippen molar-refractivity contribution in [3.63, 3.8) is 0 Å². The molecule has 2 aromatic carbocycles. The van der Waals surface area contributed by atoms with Crippen LogP contribution in [0, 0.1) is 6.92 Å². The van der Waals surface area contributed by atoms with Crippen molar-refractivity contribution < 1.29 is 24.0 Å². The van der Waals surface area contributed by atoms with Gasteiger partial charge in [0.1, 0.15) is 23.8 Å². The smallest absolute Gasteiger partial charge is 0.336 e. The van der Waals surface area contributed by atoms with E-state index in [2.05, 4.69) is 10.5 Å². The summed E-state index contributed by atoms with van der Waals surface area (Å²) < 4.78 is 10.7. The van der Waals surface area contributed by atoms with E-state index in [1.54, 1.807) is 50.2 Å². The predicted octanol–water partition coefficient (Wildman–Crippen LogP) is 4.40. The molecule has 0 radical (unpaired) electrons. The first-order chi connectivity index (χ1) is 13.8. The van der Waals surface area contributed by atoms with Gasteiger partial charge in [-0.15, -0.1) is 0 Å². The van der Waals surface area contributed by atoms with E-state index in [1.165, 1.54) is 12.1 Å². The third kappa shape index (κ3) is 4.94. The van der Waals surface area contributed by atoms with Gasteiger partial charge in [-0.3, -0.25) is 4.79 Å². The normalized spacial score (nSPS) is 11.7. The van der Waals surface area contributed by atoms with Crippen LogP contribution in [0.1, 0.15) is 50.7 Å². The van der Waals surface area contributed by atoms with Crippen molar-refractivity contribution in [3.8, 4) is 5.75 Å². The van der Waals surface area contributed by atoms with Crippen LogP contribution >= 0.6 is 11.6 Å². The molecule has 29 heavy (non-hydrogen) atoms. The van der Waals surface area contributed by atoms with Gasteiger partial charge in [0.25, 0.3) is 5.91 Å². The molecule has 3 rings (SSSR count). The molecule has 0 fully saturated rings. The van der Waals surface area contributed by atoms with E-state index < -0.39 is 17.9 Å². The maximum atomic E-state index is 12.9. The lowest BCUT2D eigenvalue weighted by molar-refractivity contribution is 0.0693. The minimum absolute atomic E-state index is 0.122. The molecule has 1 heterocycles. The van der Waals surface area contributed by atoms with E-state index in [0.717, 1.165) is 0 Å². The number of carbonyl (C=O) groups excluding carboxylic acids is 1. The molecule has 0 aliphatic heterocycles. The predicted molar refractivity (Wildman–Crippen MR) is 106 cm³/mol. The Morgan fingerprint density at radius 3 is 2.66 bits per heavy atom. The van der Waals surface area contributed by atoms with Gasteiger partial charge in [0, 0.05) is 11.1 Å². The molecule has 0 spiro atoms. The van der Waals surface area contributed by atoms with Crippen LogP contribution in [-0.2, 0) is 6.61 Å². The molecule has 1 aromatic heterocycles. The fourth-order valence-electron chi connectivity index (χ4n) is 2.86. The molecule has 8 heteroatoms. The third-order valence-corrected chi connectivity index (χ3v) is 4.48. The van der Waals surface area contributed by atoms with Gasteiger partial charge in [0.15, 0.2) is 0 Å². The van der Waals surface area contributed by atoms with Gasteiger partial charge >= 0.3 is 5.97 Å². The Hall–Kier alpha value is -3.32. The zero-order valence-electron chi connectivity index (χ0n) is 15.8. The molecule has 1 amide bonds. The Kier molecular flexibility index (Phi) is 6.19. The SMILES string of the molecule is Cc1cc(COc2ccc(Cl)cc2C(=O)N[C@@H](C)c2ccccc2C(=O)O)no1. The van der Waals surface area contributed by atoms with Gasteiger partial charge in [-0.1, -0.05) is 35.0 Å². The number of carboxylic acids is 1. The van der Waals surface area contributed by atoms with Crippen LogP contribution < -0.4 is 10.1 Å². The number of nitrogens with zero attached hydrogens (tertiary/aromatic N) is 1. The minimum atomic E-state index is -1.06. The van der Waals surface area contributed by atoms with E-state index in [0.29, 0.717) is 27.8 Å². The minimum Gasteiger partial charge on any atom is -0.486 e. The molecule has 0 aliphatic rings. The summed E-state index contributed by atoms with van der Waals surface area (Å²) >= 11 is 6.06. The van der Waals surface area contributed by atoms with Crippen LogP contribution in [-0.4, -0.2) is 22.1 Å². The van der Waals surface area contributed by atoms with E-state index in [1.807, 2.05) is 0 Å². The number of hydrogen-bond acceptors (Lipinski definition) is 5. The lowest BCUT2D eigenvalue weighted by Crippen LogP contribution is -2.28. The number of nitrogens with one attached hydrogen (secondary N) is 1. The summed E-state index contributed by atoms with van der Waals surface area (Å²) in [6.07, 6.45) is 0. The largest absolute Gasteiger partial charge is 0.486 e. The monoisotopic (exact) mass is 414 g/mol. The van der Waals surface area contributed by atoms with Crippen molar-refractivity contribution in [2.24, 2.45) is 0 Å². The summed E-state index contributed by atoms with van der Waals surface area (Å²) in [6.45, 7) is 3.60. The Morgan fingerprint density at radius 2 is 1.97 bits per heavy atom. The number of amides is 1. The molecular weight excluding hydrogens is 396 g/mol. The van der Waals surface area contributed by atoms with Crippen LogP contribution in [0.25, 0.3) is 0 Å². The van der Waals surface area contributed by atoms with Crippen LogP contribution in [0.4, 0.5) is 0 Å². The summed E-state index contributed by atoms with van der Waals surface area (Å²) in [7, 11) is 0. The maximum Gasteiger partial charge on any atom is 0.336 e. The van der Waals surface area contributed by atoms with Crippen LogP contribution in [0.5, 0.6) is 5.75 Å². The molecule has 0 saturated carbocycles. The van der Waals surface area contributed by atoms with E-state index in [-0.39, 0.29) is 17.7 Å². The quantitative estimate of drug-likeness (QED) is 0.594. The number of aromatic nitrogens is 1. The van der Waals surface area contributed by atoms with Gasteiger partial charge in [-0.2, -0.15) is 0 Å². The zero-order chi connectivity index (χ0) is 21.0.